The lowest BCUT2D eigenvalue weighted by Crippen LogP contribution is -2.33. The van der Waals surface area contributed by atoms with Crippen molar-refractivity contribution in [2.75, 3.05) is 20.6 Å². The number of hydrogen-bond donors (Lipinski definition) is 1. The van der Waals surface area contributed by atoms with Gasteiger partial charge in [-0.2, -0.15) is 0 Å². The average molecular weight is 113 g/mol. The lowest BCUT2D eigenvalue weighted by Gasteiger charge is -2.15. The van der Waals surface area contributed by atoms with Crippen LogP contribution in [0.15, 0.2) is 0 Å². The van der Waals surface area contributed by atoms with Gasteiger partial charge in [-0.15, -0.1) is 0 Å². The van der Waals surface area contributed by atoms with Crippen molar-refractivity contribution in [3.63, 3.8) is 0 Å². The van der Waals surface area contributed by atoms with Crippen molar-refractivity contribution in [1.82, 2.24) is 10.1 Å². The molecule has 3 heteroatoms. The molecule has 0 saturated carbocycles. The molecule has 0 unspecified atom stereocenters. The molecule has 1 radical (unpaired) electrons. The molecule has 0 aliphatic heterocycles. The zero-order chi connectivity index (χ0) is 6.57. The Balaban J connectivity index is 3.10. The Morgan fingerprint density at radius 2 is 2.25 bits per heavy atom. The maximum absolute atomic E-state index is 3.72. The molecule has 0 heterocycles. The van der Waals surface area contributed by atoms with Crippen LogP contribution >= 0.6 is 0 Å². The number of hydrogen-bond acceptors (Lipinski definition) is 2. The predicted octanol–water partition coefficient (Wildman–Crippen LogP) is -0.658. The molecule has 47 valence electrons. The molecular formula is C5H14BN2. The summed E-state index contributed by atoms with van der Waals surface area (Å²) in [4.78, 5) is 1.92. The Morgan fingerprint density at radius 3 is 2.38 bits per heavy atom. The highest BCUT2D eigenvalue weighted by atomic mass is 15.0. The van der Waals surface area contributed by atoms with E-state index in [4.69, 9.17) is 0 Å². The minimum absolute atomic E-state index is 0.539. The number of nitrogens with one attached hydrogen (secondary N) is 1. The van der Waals surface area contributed by atoms with Crippen LogP contribution in [0, 0.1) is 0 Å². The Kier molecular flexibility index (Phi) is 3.92. The Morgan fingerprint density at radius 1 is 1.75 bits per heavy atom. The van der Waals surface area contributed by atoms with Gasteiger partial charge in [-0.05, 0) is 21.0 Å². The first-order valence-corrected chi connectivity index (χ1v) is 2.85. The summed E-state index contributed by atoms with van der Waals surface area (Å²) in [6.45, 7) is 3.12. The summed E-state index contributed by atoms with van der Waals surface area (Å²) >= 11 is 0. The van der Waals surface area contributed by atoms with E-state index in [2.05, 4.69) is 20.2 Å². The van der Waals surface area contributed by atoms with Crippen LogP contribution in [0.3, 0.4) is 0 Å². The lowest BCUT2D eigenvalue weighted by molar-refractivity contribution is 0.454. The quantitative estimate of drug-likeness (QED) is 0.489. The van der Waals surface area contributed by atoms with Gasteiger partial charge in [0.25, 0.3) is 0 Å². The molecular weight excluding hydrogens is 98.9 g/mol. The van der Waals surface area contributed by atoms with Gasteiger partial charge in [0.05, 0.1) is 0 Å². The van der Waals surface area contributed by atoms with E-state index in [1.807, 2.05) is 18.9 Å². The van der Waals surface area contributed by atoms with Crippen LogP contribution in [-0.2, 0) is 0 Å². The maximum Gasteiger partial charge on any atom is 0.185 e. The lowest BCUT2D eigenvalue weighted by atomic mass is 10.2. The highest BCUT2D eigenvalue weighted by Gasteiger charge is 1.96. The zero-order valence-corrected chi connectivity index (χ0v) is 5.94. The fraction of sp³-hybridized carbons (Fsp3) is 1.00. The van der Waals surface area contributed by atoms with Crippen LogP contribution in [0.2, 0.25) is 0 Å². The molecule has 0 aliphatic rings. The van der Waals surface area contributed by atoms with E-state index in [0.29, 0.717) is 6.04 Å². The summed E-state index contributed by atoms with van der Waals surface area (Å²) in [5, 5.41) is 3.11. The molecule has 1 atom stereocenters. The minimum Gasteiger partial charge on any atom is -0.352 e. The molecule has 0 aliphatic carbocycles. The van der Waals surface area contributed by atoms with Crippen molar-refractivity contribution in [2.24, 2.45) is 0 Å². The van der Waals surface area contributed by atoms with Gasteiger partial charge in [0.15, 0.2) is 7.98 Å². The van der Waals surface area contributed by atoms with Gasteiger partial charge in [0.1, 0.15) is 0 Å². The summed E-state index contributed by atoms with van der Waals surface area (Å²) in [5.74, 6) is 0. The van der Waals surface area contributed by atoms with Crippen molar-refractivity contribution >= 4 is 7.98 Å². The van der Waals surface area contributed by atoms with Gasteiger partial charge in [0.2, 0.25) is 0 Å². The molecule has 8 heavy (non-hydrogen) atoms. The number of likely N-dealkylation sites (N-methyl/N-ethyl adjacent to an activating group) is 2. The summed E-state index contributed by atoms with van der Waals surface area (Å²) < 4.78 is 0. The average Bonchev–Trinajstić information content (AvgIpc) is 1.65. The van der Waals surface area contributed by atoms with Crippen molar-refractivity contribution in [3.8, 4) is 0 Å². The van der Waals surface area contributed by atoms with E-state index in [1.165, 1.54) is 0 Å². The van der Waals surface area contributed by atoms with E-state index in [0.717, 1.165) is 6.54 Å². The second-order valence-electron chi connectivity index (χ2n) is 2.23. The first-order chi connectivity index (χ1) is 3.66. The molecule has 2 nitrogen and oxygen atoms in total. The van der Waals surface area contributed by atoms with Gasteiger partial charge in [-0.1, -0.05) is 0 Å². The van der Waals surface area contributed by atoms with Crippen LogP contribution in [0.5, 0.6) is 0 Å². The Labute approximate surface area is 52.7 Å². The number of nitrogens with zero attached hydrogens (tertiary/aromatic N) is 1. The molecule has 0 saturated heterocycles. The minimum atomic E-state index is 0.539. The van der Waals surface area contributed by atoms with E-state index in [9.17, 15) is 0 Å². The molecule has 0 fully saturated rings. The van der Waals surface area contributed by atoms with Crippen molar-refractivity contribution in [3.05, 3.63) is 0 Å². The monoisotopic (exact) mass is 113 g/mol. The maximum atomic E-state index is 3.72. The third-order valence-electron chi connectivity index (χ3n) is 1.08. The van der Waals surface area contributed by atoms with Crippen molar-refractivity contribution in [2.45, 2.75) is 13.0 Å². The van der Waals surface area contributed by atoms with Crippen molar-refractivity contribution < 1.29 is 0 Å². The van der Waals surface area contributed by atoms with Crippen LogP contribution in [0.25, 0.3) is 0 Å². The van der Waals surface area contributed by atoms with Crippen LogP contribution in [0.1, 0.15) is 6.92 Å². The number of rotatable bonds is 3. The van der Waals surface area contributed by atoms with E-state index >= 15 is 0 Å². The van der Waals surface area contributed by atoms with E-state index in [1.54, 1.807) is 0 Å². The summed E-state index contributed by atoms with van der Waals surface area (Å²) in [6.07, 6.45) is 0. The molecule has 0 amide bonds. The fourth-order valence-electron chi connectivity index (χ4n) is 0.559. The van der Waals surface area contributed by atoms with Gasteiger partial charge in [-0.25, -0.2) is 0 Å². The zero-order valence-electron chi connectivity index (χ0n) is 5.94. The first-order valence-electron chi connectivity index (χ1n) is 2.85. The molecule has 1 N–H and O–H groups in total. The second-order valence-corrected chi connectivity index (χ2v) is 2.23. The summed E-state index contributed by atoms with van der Waals surface area (Å²) in [7, 11) is 7.64. The van der Waals surface area contributed by atoms with E-state index < -0.39 is 0 Å². The normalized spacial score (nSPS) is 14.5. The SMILES string of the molecule is [BH]N(C)C[C@H](C)NC. The third-order valence-corrected chi connectivity index (χ3v) is 1.08. The fourth-order valence-corrected chi connectivity index (χ4v) is 0.559. The molecule has 0 aromatic heterocycles. The third kappa shape index (κ3) is 4.15. The van der Waals surface area contributed by atoms with E-state index in [-0.39, 0.29) is 0 Å². The standard InChI is InChI=1S/C5H14BN2/c1-5(7-2)4-8(3)6/h5-7H,4H2,1-3H3/t5-/m0/s1. The summed E-state index contributed by atoms with van der Waals surface area (Å²) in [6, 6.07) is 0.539. The molecule has 0 bridgehead atoms. The highest BCUT2D eigenvalue weighted by molar-refractivity contribution is 6.04. The van der Waals surface area contributed by atoms with Crippen LogP contribution in [-0.4, -0.2) is 39.5 Å². The Hall–Kier alpha value is -0.0151. The van der Waals surface area contributed by atoms with Crippen molar-refractivity contribution in [1.29, 1.82) is 0 Å². The van der Waals surface area contributed by atoms with Gasteiger partial charge in [-0.3, -0.25) is 0 Å². The first kappa shape index (κ1) is 7.98. The van der Waals surface area contributed by atoms with Gasteiger partial charge >= 0.3 is 0 Å². The largest absolute Gasteiger partial charge is 0.352 e. The Bertz CT molecular complexity index is 56.4. The van der Waals surface area contributed by atoms with Gasteiger partial charge < -0.3 is 10.1 Å². The molecule has 0 aromatic carbocycles. The van der Waals surface area contributed by atoms with Crippen LogP contribution in [0.4, 0.5) is 0 Å². The van der Waals surface area contributed by atoms with Gasteiger partial charge in [0, 0.05) is 12.6 Å². The van der Waals surface area contributed by atoms with Crippen LogP contribution < -0.4 is 5.32 Å². The molecule has 0 rings (SSSR count). The predicted molar refractivity (Wildman–Crippen MR) is 38.3 cm³/mol. The topological polar surface area (TPSA) is 15.3 Å². The summed E-state index contributed by atoms with van der Waals surface area (Å²) in [5.41, 5.74) is 0. The smallest absolute Gasteiger partial charge is 0.185 e. The highest BCUT2D eigenvalue weighted by Crippen LogP contribution is 1.80. The molecule has 0 spiro atoms. The second kappa shape index (κ2) is 3.92. The molecule has 0 aromatic rings.